The number of rotatable bonds is 9. The Morgan fingerprint density at radius 3 is 2.64 bits per heavy atom. The fourth-order valence-electron chi connectivity index (χ4n) is 3.78. The Hall–Kier alpha value is -3.87. The Kier molecular flexibility index (Phi) is 6.88. The standard InChI is InChI=1S/C26H28N4O3/c1-4-30-22-11-7-6-10-21(22)28-25(30)17-29(3)26(31)20-12-13-23(24(15-20)32-5-2)33-18-19-9-8-14-27-16-19/h6-16H,4-5,17-18H2,1-3H3. The molecule has 0 radical (unpaired) electrons. The predicted octanol–water partition coefficient (Wildman–Crippen LogP) is 4.70. The molecule has 1 amide bonds. The third-order valence-corrected chi connectivity index (χ3v) is 5.38. The fourth-order valence-corrected chi connectivity index (χ4v) is 3.78. The summed E-state index contributed by atoms with van der Waals surface area (Å²) in [6.07, 6.45) is 3.48. The molecule has 2 heterocycles. The highest BCUT2D eigenvalue weighted by Gasteiger charge is 2.18. The molecule has 4 rings (SSSR count). The van der Waals surface area contributed by atoms with Gasteiger partial charge < -0.3 is 18.9 Å². The SMILES string of the molecule is CCOc1cc(C(=O)N(C)Cc2nc3ccccc3n2CC)ccc1OCc1cccnc1. The van der Waals surface area contributed by atoms with Crippen LogP contribution in [0.5, 0.6) is 11.5 Å². The van der Waals surface area contributed by atoms with Crippen molar-refractivity contribution in [2.75, 3.05) is 13.7 Å². The Labute approximate surface area is 193 Å². The first-order valence-corrected chi connectivity index (χ1v) is 11.1. The van der Waals surface area contributed by atoms with E-state index >= 15 is 0 Å². The summed E-state index contributed by atoms with van der Waals surface area (Å²) in [5.41, 5.74) is 3.50. The molecule has 2 aromatic carbocycles. The van der Waals surface area contributed by atoms with Gasteiger partial charge in [-0.15, -0.1) is 0 Å². The fraction of sp³-hybridized carbons (Fsp3) is 0.269. The second-order valence-corrected chi connectivity index (χ2v) is 7.67. The summed E-state index contributed by atoms with van der Waals surface area (Å²) in [5, 5.41) is 0. The van der Waals surface area contributed by atoms with Gasteiger partial charge in [0, 0.05) is 37.1 Å². The molecule has 0 saturated carbocycles. The highest BCUT2D eigenvalue weighted by Crippen LogP contribution is 2.30. The Bertz CT molecular complexity index is 1240. The van der Waals surface area contributed by atoms with Crippen molar-refractivity contribution in [3.05, 3.63) is 83.9 Å². The molecule has 4 aromatic rings. The number of aromatic nitrogens is 3. The van der Waals surface area contributed by atoms with Gasteiger partial charge in [-0.05, 0) is 50.2 Å². The van der Waals surface area contributed by atoms with Gasteiger partial charge in [-0.1, -0.05) is 18.2 Å². The van der Waals surface area contributed by atoms with E-state index in [2.05, 4.69) is 22.5 Å². The minimum atomic E-state index is -0.107. The van der Waals surface area contributed by atoms with Crippen LogP contribution in [0.1, 0.15) is 35.6 Å². The number of pyridine rings is 1. The number of aryl methyl sites for hydroxylation is 1. The van der Waals surface area contributed by atoms with Crippen molar-refractivity contribution >= 4 is 16.9 Å². The quantitative estimate of drug-likeness (QED) is 0.374. The monoisotopic (exact) mass is 444 g/mol. The van der Waals surface area contributed by atoms with Gasteiger partial charge >= 0.3 is 0 Å². The van der Waals surface area contributed by atoms with Crippen LogP contribution in [0.15, 0.2) is 67.0 Å². The molecule has 0 atom stereocenters. The van der Waals surface area contributed by atoms with Gasteiger partial charge in [0.05, 0.1) is 24.2 Å². The van der Waals surface area contributed by atoms with E-state index in [1.807, 2.05) is 37.3 Å². The predicted molar refractivity (Wildman–Crippen MR) is 127 cm³/mol. The zero-order valence-electron chi connectivity index (χ0n) is 19.2. The number of carbonyl (C=O) groups is 1. The molecule has 0 aliphatic rings. The van der Waals surface area contributed by atoms with Crippen molar-refractivity contribution in [3.8, 4) is 11.5 Å². The minimum absolute atomic E-state index is 0.107. The maximum Gasteiger partial charge on any atom is 0.254 e. The second kappa shape index (κ2) is 10.2. The molecule has 0 bridgehead atoms. The second-order valence-electron chi connectivity index (χ2n) is 7.67. The highest BCUT2D eigenvalue weighted by molar-refractivity contribution is 5.94. The lowest BCUT2D eigenvalue weighted by molar-refractivity contribution is 0.0779. The van der Waals surface area contributed by atoms with Crippen molar-refractivity contribution in [1.82, 2.24) is 19.4 Å². The number of carbonyl (C=O) groups excluding carboxylic acids is 1. The molecule has 0 unspecified atom stereocenters. The molecule has 0 spiro atoms. The van der Waals surface area contributed by atoms with E-state index in [1.165, 1.54) is 0 Å². The topological polar surface area (TPSA) is 69.5 Å². The van der Waals surface area contributed by atoms with Gasteiger partial charge in [-0.2, -0.15) is 0 Å². The van der Waals surface area contributed by atoms with Crippen LogP contribution in [-0.2, 0) is 19.7 Å². The number of hydrogen-bond donors (Lipinski definition) is 0. The van der Waals surface area contributed by atoms with E-state index < -0.39 is 0 Å². The van der Waals surface area contributed by atoms with E-state index in [1.54, 1.807) is 42.5 Å². The average Bonchev–Trinajstić information content (AvgIpc) is 3.20. The van der Waals surface area contributed by atoms with Crippen LogP contribution < -0.4 is 9.47 Å². The number of para-hydroxylation sites is 2. The molecular formula is C26H28N4O3. The van der Waals surface area contributed by atoms with Crippen LogP contribution in [0.2, 0.25) is 0 Å². The molecule has 0 aliphatic carbocycles. The molecule has 7 heteroatoms. The van der Waals surface area contributed by atoms with Gasteiger partial charge in [0.1, 0.15) is 12.4 Å². The zero-order valence-corrected chi connectivity index (χ0v) is 19.2. The Morgan fingerprint density at radius 2 is 1.88 bits per heavy atom. The summed E-state index contributed by atoms with van der Waals surface area (Å²) in [6, 6.07) is 17.1. The van der Waals surface area contributed by atoms with Gasteiger partial charge in [0.25, 0.3) is 5.91 Å². The first-order valence-electron chi connectivity index (χ1n) is 11.1. The maximum atomic E-state index is 13.2. The van der Waals surface area contributed by atoms with E-state index in [4.69, 9.17) is 14.5 Å². The van der Waals surface area contributed by atoms with E-state index in [0.717, 1.165) is 29.0 Å². The van der Waals surface area contributed by atoms with Crippen LogP contribution in [0.3, 0.4) is 0 Å². The number of hydrogen-bond acceptors (Lipinski definition) is 5. The zero-order chi connectivity index (χ0) is 23.2. The number of ether oxygens (including phenoxy) is 2. The summed E-state index contributed by atoms with van der Waals surface area (Å²) in [4.78, 5) is 23.7. The molecule has 170 valence electrons. The smallest absolute Gasteiger partial charge is 0.254 e. The Balaban J connectivity index is 1.52. The number of amides is 1. The van der Waals surface area contributed by atoms with Crippen molar-refractivity contribution in [1.29, 1.82) is 0 Å². The van der Waals surface area contributed by atoms with Gasteiger partial charge in [0.2, 0.25) is 0 Å². The van der Waals surface area contributed by atoms with Crippen LogP contribution in [0, 0.1) is 0 Å². The van der Waals surface area contributed by atoms with Gasteiger partial charge in [-0.3, -0.25) is 9.78 Å². The molecule has 0 aliphatic heterocycles. The molecule has 33 heavy (non-hydrogen) atoms. The third kappa shape index (κ3) is 4.98. The molecule has 2 aromatic heterocycles. The average molecular weight is 445 g/mol. The highest BCUT2D eigenvalue weighted by atomic mass is 16.5. The van der Waals surface area contributed by atoms with Crippen LogP contribution in [-0.4, -0.2) is 39.0 Å². The lowest BCUT2D eigenvalue weighted by atomic mass is 10.1. The van der Waals surface area contributed by atoms with Crippen molar-refractivity contribution in [2.45, 2.75) is 33.5 Å². The largest absolute Gasteiger partial charge is 0.490 e. The van der Waals surface area contributed by atoms with Crippen molar-refractivity contribution in [2.24, 2.45) is 0 Å². The summed E-state index contributed by atoms with van der Waals surface area (Å²) in [5.74, 6) is 1.88. The van der Waals surface area contributed by atoms with Gasteiger partial charge in [0.15, 0.2) is 11.5 Å². The first-order chi connectivity index (χ1) is 16.1. The van der Waals surface area contributed by atoms with Gasteiger partial charge in [-0.25, -0.2) is 4.98 Å². The normalized spacial score (nSPS) is 10.9. The third-order valence-electron chi connectivity index (χ3n) is 5.38. The molecule has 0 saturated heterocycles. The van der Waals surface area contributed by atoms with Crippen molar-refractivity contribution < 1.29 is 14.3 Å². The lowest BCUT2D eigenvalue weighted by Gasteiger charge is -2.19. The molecule has 0 fully saturated rings. The summed E-state index contributed by atoms with van der Waals surface area (Å²) < 4.78 is 13.8. The summed E-state index contributed by atoms with van der Waals surface area (Å²) in [7, 11) is 1.79. The number of nitrogens with zero attached hydrogens (tertiary/aromatic N) is 4. The number of imidazole rings is 1. The van der Waals surface area contributed by atoms with Crippen LogP contribution >= 0.6 is 0 Å². The lowest BCUT2D eigenvalue weighted by Crippen LogP contribution is -2.27. The summed E-state index contributed by atoms with van der Waals surface area (Å²) in [6.45, 7) is 6.02. The van der Waals surface area contributed by atoms with Crippen LogP contribution in [0.4, 0.5) is 0 Å². The number of benzene rings is 2. The van der Waals surface area contributed by atoms with E-state index in [0.29, 0.717) is 36.8 Å². The minimum Gasteiger partial charge on any atom is -0.490 e. The molecule has 0 N–H and O–H groups in total. The number of fused-ring (bicyclic) bond motifs is 1. The first kappa shape index (κ1) is 22.3. The Morgan fingerprint density at radius 1 is 1.03 bits per heavy atom. The van der Waals surface area contributed by atoms with E-state index in [9.17, 15) is 4.79 Å². The van der Waals surface area contributed by atoms with Crippen molar-refractivity contribution in [3.63, 3.8) is 0 Å². The van der Waals surface area contributed by atoms with E-state index in [-0.39, 0.29) is 5.91 Å². The molecule has 7 nitrogen and oxygen atoms in total. The molecular weight excluding hydrogens is 416 g/mol. The summed E-state index contributed by atoms with van der Waals surface area (Å²) >= 11 is 0. The maximum absolute atomic E-state index is 13.2. The van der Waals surface area contributed by atoms with Crippen LogP contribution in [0.25, 0.3) is 11.0 Å².